The van der Waals surface area contributed by atoms with Crippen molar-refractivity contribution in [2.24, 2.45) is 0 Å². The van der Waals surface area contributed by atoms with Gasteiger partial charge in [-0.2, -0.15) is 0 Å². The van der Waals surface area contributed by atoms with Gasteiger partial charge in [0.15, 0.2) is 0 Å². The van der Waals surface area contributed by atoms with Gasteiger partial charge in [0.2, 0.25) is 5.91 Å². The molecule has 2 aromatic rings. The molecule has 0 radical (unpaired) electrons. The summed E-state index contributed by atoms with van der Waals surface area (Å²) in [6.45, 7) is 2.88. The van der Waals surface area contributed by atoms with Gasteiger partial charge in [-0.05, 0) is 36.6 Å². The number of carbonyl (C=O) groups excluding carboxylic acids is 2. The molecule has 2 unspecified atom stereocenters. The number of benzene rings is 2. The van der Waals surface area contributed by atoms with Crippen LogP contribution in [0.25, 0.3) is 17.2 Å². The van der Waals surface area contributed by atoms with Gasteiger partial charge < -0.3 is 10.4 Å². The molecule has 0 bridgehead atoms. The molecule has 1 saturated heterocycles. The summed E-state index contributed by atoms with van der Waals surface area (Å²) in [7, 11) is 0. The molecule has 2 aromatic carbocycles. The lowest BCUT2D eigenvalue weighted by Crippen LogP contribution is -2.50. The maximum absolute atomic E-state index is 12.8. The summed E-state index contributed by atoms with van der Waals surface area (Å²) >= 11 is 6.41. The van der Waals surface area contributed by atoms with E-state index in [1.54, 1.807) is 6.08 Å². The second-order valence-electron chi connectivity index (χ2n) is 6.78. The van der Waals surface area contributed by atoms with Crippen LogP contribution in [0.3, 0.4) is 0 Å². The molecule has 1 aliphatic rings. The Balaban J connectivity index is 1.74. The van der Waals surface area contributed by atoms with Crippen molar-refractivity contribution in [2.75, 3.05) is 0 Å². The fraction of sp³-hybridized carbons (Fsp3) is 0.182. The van der Waals surface area contributed by atoms with Crippen molar-refractivity contribution in [1.29, 1.82) is 0 Å². The first-order chi connectivity index (χ1) is 14.3. The molecule has 1 heterocycles. The fourth-order valence-electron chi connectivity index (χ4n) is 2.88. The molecule has 3 rings (SSSR count). The van der Waals surface area contributed by atoms with Gasteiger partial charge in [0.05, 0.1) is 4.91 Å². The fourth-order valence-corrected chi connectivity index (χ4v) is 4.30. The van der Waals surface area contributed by atoms with E-state index in [1.165, 1.54) is 18.7 Å². The Morgan fingerprint density at radius 3 is 2.27 bits per heavy atom. The number of hydrogen-bond donors (Lipinski definition) is 2. The molecular formula is C22H20N2O4S2. The third-order valence-corrected chi connectivity index (χ3v) is 5.97. The van der Waals surface area contributed by atoms with Crippen molar-refractivity contribution in [3.63, 3.8) is 0 Å². The molecule has 0 saturated carbocycles. The minimum Gasteiger partial charge on any atom is -0.480 e. The average Bonchev–Trinajstić information content (AvgIpc) is 3.01. The molecule has 8 heteroatoms. The number of thiocarbonyl (C=S) groups is 1. The Morgan fingerprint density at radius 1 is 1.07 bits per heavy atom. The standard InChI is InChI=1S/C22H20N2O4S2/c1-13(21(27)28)23-19(25)14(2)24-20(26)18(30-22(24)29)12-15-8-10-17(11-9-15)16-6-4-3-5-7-16/h3-14H,1-2H3,(H,23,25)(H,27,28)/b18-12-. The number of carbonyl (C=O) groups is 3. The number of nitrogens with one attached hydrogen (secondary N) is 1. The van der Waals surface area contributed by atoms with E-state index in [0.29, 0.717) is 4.91 Å². The highest BCUT2D eigenvalue weighted by atomic mass is 32.2. The molecule has 6 nitrogen and oxygen atoms in total. The summed E-state index contributed by atoms with van der Waals surface area (Å²) in [6.07, 6.45) is 1.73. The van der Waals surface area contributed by atoms with Crippen LogP contribution >= 0.6 is 24.0 Å². The molecule has 1 aliphatic heterocycles. The highest BCUT2D eigenvalue weighted by Crippen LogP contribution is 2.34. The van der Waals surface area contributed by atoms with E-state index in [9.17, 15) is 14.4 Å². The zero-order valence-electron chi connectivity index (χ0n) is 16.4. The molecule has 2 N–H and O–H groups in total. The summed E-state index contributed by atoms with van der Waals surface area (Å²) in [5.74, 6) is -2.10. The number of carboxylic acid groups (broad SMARTS) is 1. The first-order valence-electron chi connectivity index (χ1n) is 9.23. The number of carboxylic acids is 1. The van der Waals surface area contributed by atoms with E-state index in [-0.39, 0.29) is 10.2 Å². The zero-order valence-corrected chi connectivity index (χ0v) is 18.0. The van der Waals surface area contributed by atoms with Gasteiger partial charge in [-0.3, -0.25) is 19.3 Å². The highest BCUT2D eigenvalue weighted by Gasteiger charge is 2.38. The quantitative estimate of drug-likeness (QED) is 0.528. The van der Waals surface area contributed by atoms with Crippen LogP contribution < -0.4 is 5.32 Å². The lowest BCUT2D eigenvalue weighted by atomic mass is 10.0. The van der Waals surface area contributed by atoms with Gasteiger partial charge in [0.25, 0.3) is 5.91 Å². The van der Waals surface area contributed by atoms with Gasteiger partial charge in [-0.1, -0.05) is 78.6 Å². The van der Waals surface area contributed by atoms with E-state index in [4.69, 9.17) is 17.3 Å². The normalized spacial score (nSPS) is 17.1. The summed E-state index contributed by atoms with van der Waals surface area (Å²) in [5, 5.41) is 11.3. The molecule has 0 aliphatic carbocycles. The third-order valence-electron chi connectivity index (χ3n) is 4.64. The van der Waals surface area contributed by atoms with Crippen molar-refractivity contribution in [2.45, 2.75) is 25.9 Å². The lowest BCUT2D eigenvalue weighted by molar-refractivity contribution is -0.142. The van der Waals surface area contributed by atoms with Crippen LogP contribution in [0.5, 0.6) is 0 Å². The van der Waals surface area contributed by atoms with E-state index in [1.807, 2.05) is 54.6 Å². The number of hydrogen-bond acceptors (Lipinski definition) is 5. The molecule has 30 heavy (non-hydrogen) atoms. The number of nitrogens with zero attached hydrogens (tertiary/aromatic N) is 1. The molecule has 154 valence electrons. The van der Waals surface area contributed by atoms with E-state index in [2.05, 4.69) is 5.32 Å². The van der Waals surface area contributed by atoms with E-state index in [0.717, 1.165) is 28.5 Å². The Kier molecular flexibility index (Phi) is 6.69. The molecule has 1 fully saturated rings. The van der Waals surface area contributed by atoms with Gasteiger partial charge in [-0.15, -0.1) is 0 Å². The summed E-state index contributed by atoms with van der Waals surface area (Å²) < 4.78 is 0.262. The van der Waals surface area contributed by atoms with Crippen LogP contribution in [0.2, 0.25) is 0 Å². The number of aliphatic carboxylic acids is 1. The highest BCUT2D eigenvalue weighted by molar-refractivity contribution is 8.26. The van der Waals surface area contributed by atoms with Crippen LogP contribution in [-0.2, 0) is 14.4 Å². The largest absolute Gasteiger partial charge is 0.480 e. The van der Waals surface area contributed by atoms with Crippen molar-refractivity contribution in [3.05, 3.63) is 65.1 Å². The first-order valence-corrected chi connectivity index (χ1v) is 10.5. The molecular weight excluding hydrogens is 420 g/mol. The Labute approximate surface area is 184 Å². The topological polar surface area (TPSA) is 86.7 Å². The SMILES string of the molecule is CC(NC(=O)C(C)N1C(=O)/C(=C/c2ccc(-c3ccccc3)cc2)SC1=S)C(=O)O. The number of amides is 2. The first kappa shape index (κ1) is 21.7. The van der Waals surface area contributed by atoms with Crippen LogP contribution in [0, 0.1) is 0 Å². The smallest absolute Gasteiger partial charge is 0.325 e. The Bertz CT molecular complexity index is 1020. The van der Waals surface area contributed by atoms with Crippen LogP contribution in [-0.4, -0.2) is 44.2 Å². The predicted molar refractivity (Wildman–Crippen MR) is 122 cm³/mol. The molecule has 2 atom stereocenters. The Hall–Kier alpha value is -2.97. The third kappa shape index (κ3) is 4.77. The van der Waals surface area contributed by atoms with Crippen molar-refractivity contribution in [3.8, 4) is 11.1 Å². The van der Waals surface area contributed by atoms with Crippen molar-refractivity contribution < 1.29 is 19.5 Å². The van der Waals surface area contributed by atoms with Gasteiger partial charge in [0.1, 0.15) is 16.4 Å². The van der Waals surface area contributed by atoms with E-state index < -0.39 is 24.0 Å². The molecule has 2 amide bonds. The van der Waals surface area contributed by atoms with Crippen LogP contribution in [0.4, 0.5) is 0 Å². The van der Waals surface area contributed by atoms with Crippen LogP contribution in [0.15, 0.2) is 59.5 Å². The van der Waals surface area contributed by atoms with Gasteiger partial charge in [-0.25, -0.2) is 0 Å². The maximum Gasteiger partial charge on any atom is 0.325 e. The van der Waals surface area contributed by atoms with E-state index >= 15 is 0 Å². The Morgan fingerprint density at radius 2 is 1.67 bits per heavy atom. The minimum absolute atomic E-state index is 0.262. The minimum atomic E-state index is -1.15. The molecule has 0 spiro atoms. The number of rotatable bonds is 6. The summed E-state index contributed by atoms with van der Waals surface area (Å²) in [5.41, 5.74) is 3.01. The second kappa shape index (κ2) is 9.23. The van der Waals surface area contributed by atoms with Gasteiger partial charge in [0, 0.05) is 0 Å². The summed E-state index contributed by atoms with van der Waals surface area (Å²) in [6, 6.07) is 15.8. The summed E-state index contributed by atoms with van der Waals surface area (Å²) in [4.78, 5) is 37.7. The maximum atomic E-state index is 12.8. The average molecular weight is 441 g/mol. The lowest BCUT2D eigenvalue weighted by Gasteiger charge is -2.23. The second-order valence-corrected chi connectivity index (χ2v) is 8.46. The van der Waals surface area contributed by atoms with Crippen molar-refractivity contribution in [1.82, 2.24) is 10.2 Å². The van der Waals surface area contributed by atoms with Crippen molar-refractivity contribution >= 4 is 52.2 Å². The zero-order chi connectivity index (χ0) is 21.8. The number of thioether (sulfide) groups is 1. The van der Waals surface area contributed by atoms with Crippen LogP contribution in [0.1, 0.15) is 19.4 Å². The monoisotopic (exact) mass is 440 g/mol. The van der Waals surface area contributed by atoms with Gasteiger partial charge >= 0.3 is 5.97 Å². The predicted octanol–water partition coefficient (Wildman–Crippen LogP) is 3.53. The molecule has 0 aromatic heterocycles.